The number of unbranched alkanes of at least 4 members (excludes halogenated alkanes) is 1. The van der Waals surface area contributed by atoms with Gasteiger partial charge in [0, 0.05) is 0 Å². The van der Waals surface area contributed by atoms with Crippen LogP contribution in [0.2, 0.25) is 0 Å². The van der Waals surface area contributed by atoms with Crippen LogP contribution in [0.15, 0.2) is 12.1 Å². The van der Waals surface area contributed by atoms with E-state index in [-0.39, 0.29) is 17.2 Å². The molecule has 1 aromatic rings. The Morgan fingerprint density at radius 1 is 1.41 bits per heavy atom. The number of aromatic hydroxyl groups is 1. The van der Waals surface area contributed by atoms with Crippen LogP contribution >= 0.6 is 0 Å². The summed E-state index contributed by atoms with van der Waals surface area (Å²) in [6.07, 6.45) is 1.29. The van der Waals surface area contributed by atoms with Crippen molar-refractivity contribution in [3.8, 4) is 17.2 Å². The highest BCUT2D eigenvalue weighted by Crippen LogP contribution is 2.39. The zero-order valence-corrected chi connectivity index (χ0v) is 9.90. The quantitative estimate of drug-likeness (QED) is 0.611. The van der Waals surface area contributed by atoms with E-state index >= 15 is 0 Å². The van der Waals surface area contributed by atoms with Crippen molar-refractivity contribution in [1.82, 2.24) is 0 Å². The van der Waals surface area contributed by atoms with Gasteiger partial charge < -0.3 is 19.7 Å². The Morgan fingerprint density at radius 3 is 2.65 bits per heavy atom. The molecule has 2 N–H and O–H groups in total. The highest BCUT2D eigenvalue weighted by molar-refractivity contribution is 5.65. The standard InChI is InChI=1S/C12H16O5/c1-3-4-5-8-6-7-9(17-12(14)15)10(13)11(8)16-2/h6-7,13H,3-5H2,1-2H3,(H,14,15). The second kappa shape index (κ2) is 5.98. The summed E-state index contributed by atoms with van der Waals surface area (Å²) in [5.41, 5.74) is 0.838. The highest BCUT2D eigenvalue weighted by Gasteiger charge is 2.16. The predicted octanol–water partition coefficient (Wildman–Crippen LogP) is 2.80. The number of rotatable bonds is 5. The zero-order valence-electron chi connectivity index (χ0n) is 9.90. The summed E-state index contributed by atoms with van der Waals surface area (Å²) in [5, 5.41) is 18.3. The van der Waals surface area contributed by atoms with E-state index in [1.165, 1.54) is 13.2 Å². The summed E-state index contributed by atoms with van der Waals surface area (Å²) in [6.45, 7) is 2.06. The van der Waals surface area contributed by atoms with Gasteiger partial charge in [0.2, 0.25) is 5.75 Å². The summed E-state index contributed by atoms with van der Waals surface area (Å²) in [4.78, 5) is 10.4. The van der Waals surface area contributed by atoms with Crippen molar-refractivity contribution in [3.05, 3.63) is 17.7 Å². The first-order valence-corrected chi connectivity index (χ1v) is 5.39. The molecule has 0 fully saturated rings. The number of carboxylic acid groups (broad SMARTS) is 1. The highest BCUT2D eigenvalue weighted by atomic mass is 16.7. The molecule has 5 heteroatoms. The molecule has 1 rings (SSSR count). The fourth-order valence-corrected chi connectivity index (χ4v) is 1.56. The maximum Gasteiger partial charge on any atom is 0.511 e. The molecular weight excluding hydrogens is 224 g/mol. The molecule has 5 nitrogen and oxygen atoms in total. The van der Waals surface area contributed by atoms with Crippen LogP contribution in [0.4, 0.5) is 4.79 Å². The van der Waals surface area contributed by atoms with Crippen LogP contribution in [-0.2, 0) is 6.42 Å². The number of carbonyl (C=O) groups is 1. The van der Waals surface area contributed by atoms with Gasteiger partial charge in [-0.15, -0.1) is 0 Å². The van der Waals surface area contributed by atoms with Crippen LogP contribution < -0.4 is 9.47 Å². The number of aryl methyl sites for hydroxylation is 1. The van der Waals surface area contributed by atoms with Gasteiger partial charge in [-0.2, -0.15) is 0 Å². The van der Waals surface area contributed by atoms with Gasteiger partial charge >= 0.3 is 6.16 Å². The number of benzene rings is 1. The largest absolute Gasteiger partial charge is 0.511 e. The van der Waals surface area contributed by atoms with Gasteiger partial charge in [0.1, 0.15) is 0 Å². The molecule has 17 heavy (non-hydrogen) atoms. The van der Waals surface area contributed by atoms with Crippen molar-refractivity contribution in [3.63, 3.8) is 0 Å². The normalized spacial score (nSPS) is 10.0. The molecule has 0 aromatic heterocycles. The maximum absolute atomic E-state index is 10.4. The van der Waals surface area contributed by atoms with Crippen molar-refractivity contribution >= 4 is 6.16 Å². The van der Waals surface area contributed by atoms with Crippen LogP contribution in [-0.4, -0.2) is 23.5 Å². The van der Waals surface area contributed by atoms with Gasteiger partial charge in [-0.25, -0.2) is 4.79 Å². The minimum atomic E-state index is -1.47. The van der Waals surface area contributed by atoms with E-state index in [4.69, 9.17) is 9.84 Å². The molecule has 0 heterocycles. The summed E-state index contributed by atoms with van der Waals surface area (Å²) >= 11 is 0. The zero-order chi connectivity index (χ0) is 12.8. The smallest absolute Gasteiger partial charge is 0.502 e. The lowest BCUT2D eigenvalue weighted by Crippen LogP contribution is -2.04. The molecule has 0 atom stereocenters. The molecule has 0 saturated heterocycles. The molecule has 0 radical (unpaired) electrons. The molecule has 0 aliphatic heterocycles. The van der Waals surface area contributed by atoms with Crippen molar-refractivity contribution in [1.29, 1.82) is 0 Å². The Morgan fingerprint density at radius 2 is 2.12 bits per heavy atom. The Balaban J connectivity index is 3.03. The van der Waals surface area contributed by atoms with E-state index in [2.05, 4.69) is 11.7 Å². The minimum absolute atomic E-state index is 0.116. The average Bonchev–Trinajstić information content (AvgIpc) is 2.29. The molecule has 0 aliphatic carbocycles. The summed E-state index contributed by atoms with van der Waals surface area (Å²) in [7, 11) is 1.43. The Kier molecular flexibility index (Phi) is 4.63. The van der Waals surface area contributed by atoms with E-state index in [1.807, 2.05) is 0 Å². The van der Waals surface area contributed by atoms with Gasteiger partial charge in [0.25, 0.3) is 0 Å². The minimum Gasteiger partial charge on any atom is -0.502 e. The number of hydrogen-bond acceptors (Lipinski definition) is 4. The predicted molar refractivity (Wildman–Crippen MR) is 61.9 cm³/mol. The molecule has 0 aliphatic rings. The lowest BCUT2D eigenvalue weighted by Gasteiger charge is -2.12. The van der Waals surface area contributed by atoms with Gasteiger partial charge in [0.05, 0.1) is 7.11 Å². The van der Waals surface area contributed by atoms with Gasteiger partial charge in [0.15, 0.2) is 11.5 Å². The first-order chi connectivity index (χ1) is 8.10. The van der Waals surface area contributed by atoms with E-state index in [0.29, 0.717) is 0 Å². The second-order valence-corrected chi connectivity index (χ2v) is 3.58. The SMILES string of the molecule is CCCCc1ccc(OC(=O)O)c(O)c1OC. The lowest BCUT2D eigenvalue weighted by atomic mass is 10.1. The average molecular weight is 240 g/mol. The summed E-state index contributed by atoms with van der Waals surface area (Å²) in [5.74, 6) is -0.115. The maximum atomic E-state index is 10.4. The second-order valence-electron chi connectivity index (χ2n) is 3.58. The molecule has 0 bridgehead atoms. The number of phenols is 1. The van der Waals surface area contributed by atoms with Crippen LogP contribution in [0.5, 0.6) is 17.2 Å². The fraction of sp³-hybridized carbons (Fsp3) is 0.417. The van der Waals surface area contributed by atoms with Crippen LogP contribution in [0, 0.1) is 0 Å². The topological polar surface area (TPSA) is 76.0 Å². The first kappa shape index (κ1) is 13.2. The Labute approximate surface area is 99.6 Å². The van der Waals surface area contributed by atoms with Crippen molar-refractivity contribution < 1.29 is 24.5 Å². The van der Waals surface area contributed by atoms with Crippen LogP contribution in [0.25, 0.3) is 0 Å². The molecule has 1 aromatic carbocycles. The van der Waals surface area contributed by atoms with Crippen molar-refractivity contribution in [2.45, 2.75) is 26.2 Å². The van der Waals surface area contributed by atoms with E-state index in [0.717, 1.165) is 24.8 Å². The molecule has 0 unspecified atom stereocenters. The van der Waals surface area contributed by atoms with E-state index < -0.39 is 6.16 Å². The van der Waals surface area contributed by atoms with Gasteiger partial charge in [-0.1, -0.05) is 19.4 Å². The Hall–Kier alpha value is -1.91. The monoisotopic (exact) mass is 240 g/mol. The molecular formula is C12H16O5. The lowest BCUT2D eigenvalue weighted by molar-refractivity contribution is 0.142. The molecule has 0 saturated carbocycles. The number of ether oxygens (including phenoxy) is 2. The third-order valence-electron chi connectivity index (χ3n) is 2.38. The first-order valence-electron chi connectivity index (χ1n) is 5.39. The third kappa shape index (κ3) is 3.27. The number of phenolic OH excluding ortho intramolecular Hbond substituents is 1. The van der Waals surface area contributed by atoms with E-state index in [9.17, 15) is 9.90 Å². The molecule has 0 spiro atoms. The van der Waals surface area contributed by atoms with Gasteiger partial charge in [-0.3, -0.25) is 0 Å². The molecule has 94 valence electrons. The number of methoxy groups -OCH3 is 1. The summed E-state index contributed by atoms with van der Waals surface area (Å²) in [6, 6.07) is 3.13. The van der Waals surface area contributed by atoms with Gasteiger partial charge in [-0.05, 0) is 24.5 Å². The van der Waals surface area contributed by atoms with Crippen molar-refractivity contribution in [2.75, 3.05) is 7.11 Å². The molecule has 0 amide bonds. The number of hydrogen-bond donors (Lipinski definition) is 2. The van der Waals surface area contributed by atoms with Crippen LogP contribution in [0.3, 0.4) is 0 Å². The van der Waals surface area contributed by atoms with Crippen molar-refractivity contribution in [2.24, 2.45) is 0 Å². The third-order valence-corrected chi connectivity index (χ3v) is 2.38. The van der Waals surface area contributed by atoms with E-state index in [1.54, 1.807) is 6.07 Å². The summed E-state index contributed by atoms with van der Waals surface area (Å²) < 4.78 is 9.51. The Bertz CT molecular complexity index is 400. The fourth-order valence-electron chi connectivity index (χ4n) is 1.56. The van der Waals surface area contributed by atoms with Crippen LogP contribution in [0.1, 0.15) is 25.3 Å².